The van der Waals surface area contributed by atoms with Crippen molar-refractivity contribution in [2.75, 3.05) is 37.0 Å². The standard InChI is InChI=1S/C26H26N6O2/c1-34-24-12-20(5-6-23(24)31-9-7-17(14-31)16-33)29-25-26-27-8-10-32(26)15-22(30-25)19-11-18-3-2-4-21(18)28-13-19/h2,4-6,8,10-13,15,17,33H,3,7,9,14,16H2,1H3,(H,29,30)/t17-/m0/s1. The van der Waals surface area contributed by atoms with E-state index < -0.39 is 0 Å². The van der Waals surface area contributed by atoms with Gasteiger partial charge in [-0.1, -0.05) is 6.08 Å². The number of allylic oxidation sites excluding steroid dienone is 1. The van der Waals surface area contributed by atoms with E-state index in [0.29, 0.717) is 11.7 Å². The van der Waals surface area contributed by atoms with Crippen molar-refractivity contribution in [1.29, 1.82) is 0 Å². The molecule has 2 N–H and O–H groups in total. The topological polar surface area (TPSA) is 87.8 Å². The minimum atomic E-state index is 0.219. The van der Waals surface area contributed by atoms with E-state index >= 15 is 0 Å². The number of fused-ring (bicyclic) bond motifs is 2. The van der Waals surface area contributed by atoms with E-state index in [9.17, 15) is 5.11 Å². The summed E-state index contributed by atoms with van der Waals surface area (Å²) in [5.74, 6) is 1.76. The van der Waals surface area contributed by atoms with Crippen molar-refractivity contribution in [2.45, 2.75) is 12.8 Å². The number of aliphatic hydroxyl groups is 1. The number of pyridine rings is 1. The van der Waals surface area contributed by atoms with E-state index in [4.69, 9.17) is 9.72 Å². The molecule has 4 aromatic rings. The summed E-state index contributed by atoms with van der Waals surface area (Å²) in [5.41, 5.74) is 6.69. The van der Waals surface area contributed by atoms with Crippen molar-refractivity contribution in [3.05, 3.63) is 66.4 Å². The average Bonchev–Trinajstić information content (AvgIpc) is 3.63. The van der Waals surface area contributed by atoms with Gasteiger partial charge in [-0.3, -0.25) is 4.98 Å². The molecule has 8 nitrogen and oxygen atoms in total. The molecular formula is C26H26N6O2. The summed E-state index contributed by atoms with van der Waals surface area (Å²) < 4.78 is 7.69. The minimum absolute atomic E-state index is 0.219. The third-order valence-electron chi connectivity index (χ3n) is 6.61. The third-order valence-corrected chi connectivity index (χ3v) is 6.61. The Morgan fingerprint density at radius 1 is 1.24 bits per heavy atom. The molecule has 4 heterocycles. The van der Waals surface area contributed by atoms with E-state index in [1.807, 2.05) is 35.1 Å². The summed E-state index contributed by atoms with van der Waals surface area (Å²) in [5, 5.41) is 12.9. The Morgan fingerprint density at radius 2 is 2.18 bits per heavy atom. The summed E-state index contributed by atoms with van der Waals surface area (Å²) in [4.78, 5) is 16.3. The molecule has 1 atom stereocenters. The summed E-state index contributed by atoms with van der Waals surface area (Å²) in [7, 11) is 1.68. The van der Waals surface area contributed by atoms with Crippen LogP contribution in [0.15, 0.2) is 55.1 Å². The fourth-order valence-electron chi connectivity index (χ4n) is 4.78. The van der Waals surface area contributed by atoms with Gasteiger partial charge in [0.25, 0.3) is 0 Å². The van der Waals surface area contributed by atoms with Gasteiger partial charge in [-0.05, 0) is 42.7 Å². The minimum Gasteiger partial charge on any atom is -0.495 e. The number of hydrogen-bond donors (Lipinski definition) is 2. The number of nitrogens with zero attached hydrogens (tertiary/aromatic N) is 5. The molecule has 1 aliphatic carbocycles. The van der Waals surface area contributed by atoms with E-state index in [0.717, 1.165) is 65.7 Å². The summed E-state index contributed by atoms with van der Waals surface area (Å²) in [6.45, 7) is 1.97. The largest absolute Gasteiger partial charge is 0.495 e. The SMILES string of the molecule is COc1cc(Nc2nc(-c3cnc4c(c3)CC=C4)cn3ccnc23)ccc1N1CC[C@H](CO)C1. The van der Waals surface area contributed by atoms with Crippen LogP contribution < -0.4 is 15.0 Å². The lowest BCUT2D eigenvalue weighted by Crippen LogP contribution is -2.21. The van der Waals surface area contributed by atoms with Crippen LogP contribution in [0.4, 0.5) is 17.2 Å². The Labute approximate surface area is 197 Å². The van der Waals surface area contributed by atoms with Gasteiger partial charge in [0.2, 0.25) is 0 Å². The Balaban J connectivity index is 1.33. The van der Waals surface area contributed by atoms with Gasteiger partial charge in [-0.2, -0.15) is 0 Å². The van der Waals surface area contributed by atoms with Crippen LogP contribution in [0.3, 0.4) is 0 Å². The van der Waals surface area contributed by atoms with E-state index in [-0.39, 0.29) is 6.61 Å². The molecule has 8 heteroatoms. The number of hydrogen-bond acceptors (Lipinski definition) is 7. The van der Waals surface area contributed by atoms with Gasteiger partial charge in [0.15, 0.2) is 11.5 Å². The molecule has 0 spiro atoms. The van der Waals surface area contributed by atoms with Crippen LogP contribution >= 0.6 is 0 Å². The number of anilines is 3. The van der Waals surface area contributed by atoms with Crippen LogP contribution in [0.2, 0.25) is 0 Å². The van der Waals surface area contributed by atoms with Crippen molar-refractivity contribution < 1.29 is 9.84 Å². The maximum atomic E-state index is 9.49. The Morgan fingerprint density at radius 3 is 3.03 bits per heavy atom. The maximum absolute atomic E-state index is 9.49. The number of nitrogens with one attached hydrogen (secondary N) is 1. The highest BCUT2D eigenvalue weighted by Gasteiger charge is 2.24. The summed E-state index contributed by atoms with van der Waals surface area (Å²) in [6, 6.07) is 8.23. The number of aliphatic hydroxyl groups excluding tert-OH is 1. The quantitative estimate of drug-likeness (QED) is 0.456. The molecule has 0 unspecified atom stereocenters. The molecule has 6 rings (SSSR count). The van der Waals surface area contributed by atoms with Crippen LogP contribution in [0.25, 0.3) is 23.0 Å². The zero-order valence-corrected chi connectivity index (χ0v) is 19.0. The first-order valence-electron chi connectivity index (χ1n) is 11.5. The van der Waals surface area contributed by atoms with Gasteiger partial charge in [-0.15, -0.1) is 0 Å². The van der Waals surface area contributed by atoms with Crippen molar-refractivity contribution >= 4 is 28.9 Å². The summed E-state index contributed by atoms with van der Waals surface area (Å²) in [6.07, 6.45) is 13.6. The predicted molar refractivity (Wildman–Crippen MR) is 133 cm³/mol. The van der Waals surface area contributed by atoms with Gasteiger partial charge in [-0.25, -0.2) is 9.97 Å². The van der Waals surface area contributed by atoms with Gasteiger partial charge in [0.05, 0.1) is 24.2 Å². The Hall–Kier alpha value is -3.91. The summed E-state index contributed by atoms with van der Waals surface area (Å²) >= 11 is 0. The molecule has 0 radical (unpaired) electrons. The van der Waals surface area contributed by atoms with Crippen LogP contribution in [0.5, 0.6) is 5.75 Å². The zero-order chi connectivity index (χ0) is 23.1. The lowest BCUT2D eigenvalue weighted by Gasteiger charge is -2.22. The fourth-order valence-corrected chi connectivity index (χ4v) is 4.78. The van der Waals surface area contributed by atoms with Crippen molar-refractivity contribution in [3.63, 3.8) is 0 Å². The van der Waals surface area contributed by atoms with Crippen molar-refractivity contribution in [1.82, 2.24) is 19.4 Å². The monoisotopic (exact) mass is 454 g/mol. The zero-order valence-electron chi connectivity index (χ0n) is 19.0. The van der Waals surface area contributed by atoms with Gasteiger partial charge < -0.3 is 24.5 Å². The highest BCUT2D eigenvalue weighted by atomic mass is 16.5. The fraction of sp³-hybridized carbons (Fsp3) is 0.269. The molecule has 0 amide bonds. The highest BCUT2D eigenvalue weighted by molar-refractivity contribution is 5.76. The molecule has 1 aliphatic heterocycles. The first kappa shape index (κ1) is 20.7. The highest BCUT2D eigenvalue weighted by Crippen LogP contribution is 2.36. The second-order valence-electron chi connectivity index (χ2n) is 8.80. The van der Waals surface area contributed by atoms with Gasteiger partial charge in [0, 0.05) is 67.7 Å². The molecule has 1 aromatic carbocycles. The molecule has 1 fully saturated rings. The number of methoxy groups -OCH3 is 1. The number of ether oxygens (including phenoxy) is 1. The second kappa shape index (κ2) is 8.46. The first-order valence-corrected chi connectivity index (χ1v) is 11.5. The number of benzene rings is 1. The molecule has 3 aromatic heterocycles. The Kier molecular flexibility index (Phi) is 5.15. The molecule has 0 bridgehead atoms. The van der Waals surface area contributed by atoms with Crippen LogP contribution in [0, 0.1) is 5.92 Å². The van der Waals surface area contributed by atoms with E-state index in [2.05, 4.69) is 44.5 Å². The van der Waals surface area contributed by atoms with E-state index in [1.54, 1.807) is 13.3 Å². The maximum Gasteiger partial charge on any atom is 0.180 e. The smallest absolute Gasteiger partial charge is 0.180 e. The van der Waals surface area contributed by atoms with Crippen LogP contribution in [-0.4, -0.2) is 51.3 Å². The average molecular weight is 455 g/mol. The molecule has 2 aliphatic rings. The normalized spacial score (nSPS) is 16.9. The molecule has 172 valence electrons. The lowest BCUT2D eigenvalue weighted by atomic mass is 10.1. The molecule has 0 saturated carbocycles. The first-order chi connectivity index (χ1) is 16.7. The number of imidazole rings is 1. The van der Waals surface area contributed by atoms with Gasteiger partial charge in [0.1, 0.15) is 5.75 Å². The number of aromatic nitrogens is 4. The van der Waals surface area contributed by atoms with E-state index in [1.165, 1.54) is 5.56 Å². The van der Waals surface area contributed by atoms with Crippen molar-refractivity contribution in [3.8, 4) is 17.0 Å². The lowest BCUT2D eigenvalue weighted by molar-refractivity contribution is 0.238. The van der Waals surface area contributed by atoms with Gasteiger partial charge >= 0.3 is 0 Å². The third kappa shape index (κ3) is 3.66. The Bertz CT molecular complexity index is 1400. The van der Waals surface area contributed by atoms with Crippen molar-refractivity contribution in [2.24, 2.45) is 5.92 Å². The van der Waals surface area contributed by atoms with Crippen LogP contribution in [-0.2, 0) is 6.42 Å². The molecule has 34 heavy (non-hydrogen) atoms. The molecular weight excluding hydrogens is 428 g/mol. The molecule has 1 saturated heterocycles. The predicted octanol–water partition coefficient (Wildman–Crippen LogP) is 3.93. The number of rotatable bonds is 6. The van der Waals surface area contributed by atoms with Crippen LogP contribution in [0.1, 0.15) is 17.7 Å². The second-order valence-corrected chi connectivity index (χ2v) is 8.80.